The van der Waals surface area contributed by atoms with Gasteiger partial charge in [-0.1, -0.05) is 19.1 Å². The number of likely N-dealkylation sites (tertiary alicyclic amines) is 1. The third-order valence-electron chi connectivity index (χ3n) is 6.78. The minimum Gasteiger partial charge on any atom is -0.475 e. The van der Waals surface area contributed by atoms with Crippen LogP contribution in [0.25, 0.3) is 0 Å². The van der Waals surface area contributed by atoms with E-state index < -0.39 is 36.4 Å². The normalized spacial score (nSPS) is 16.4. The second-order valence-corrected chi connectivity index (χ2v) is 9.80. The van der Waals surface area contributed by atoms with Crippen molar-refractivity contribution in [3.8, 4) is 0 Å². The number of aromatic nitrogens is 2. The number of nitrogens with zero attached hydrogens (tertiary/aromatic N) is 4. The Hall–Kier alpha value is -3.94. The van der Waals surface area contributed by atoms with Gasteiger partial charge >= 0.3 is 36.4 Å². The minimum atomic E-state index is -5.08. The Morgan fingerprint density at radius 2 is 1.20 bits per heavy atom. The Labute approximate surface area is 254 Å². The van der Waals surface area contributed by atoms with Gasteiger partial charge in [0.25, 0.3) is 0 Å². The molecule has 0 amide bonds. The summed E-state index contributed by atoms with van der Waals surface area (Å²) in [5.74, 6) is -7.17. The molecule has 3 N–H and O–H groups in total. The number of hydrogen-bond donors (Lipinski definition) is 3. The lowest BCUT2D eigenvalue weighted by Gasteiger charge is -2.50. The molecule has 46 heavy (non-hydrogen) atoms. The first kappa shape index (κ1) is 40.1. The van der Waals surface area contributed by atoms with Crippen LogP contribution < -0.4 is 0 Å². The second kappa shape index (κ2) is 16.1. The number of aliphatic carboxylic acids is 3. The van der Waals surface area contributed by atoms with E-state index in [1.54, 1.807) is 12.1 Å². The maximum absolute atomic E-state index is 13.1. The van der Waals surface area contributed by atoms with Crippen LogP contribution in [0.5, 0.6) is 0 Å². The van der Waals surface area contributed by atoms with Gasteiger partial charge in [-0.2, -0.15) is 39.5 Å². The first-order valence-corrected chi connectivity index (χ1v) is 13.1. The monoisotopic (exact) mass is 684 g/mol. The number of alkyl halides is 9. The number of likely N-dealkylation sites (N-methyl/N-ethyl adjacent to an activating group) is 1. The standard InChI is InChI=1S/C20H27FN4.3C2HF3O2/c1-3-24-12-13-25-16(2)14-22-19(25)20(24)8-10-23(11-9-20)15-17-4-6-18(21)7-5-17;3*3-2(4,5)1(6)7/h4-7,14H,3,8-13,15H2,1-2H3;3*(H,6,7). The highest BCUT2D eigenvalue weighted by molar-refractivity contribution is 5.73. The van der Waals surface area contributed by atoms with Crippen molar-refractivity contribution in [2.24, 2.45) is 0 Å². The Morgan fingerprint density at radius 1 is 0.783 bits per heavy atom. The molecule has 2 aromatic rings. The van der Waals surface area contributed by atoms with Gasteiger partial charge < -0.3 is 19.9 Å². The summed E-state index contributed by atoms with van der Waals surface area (Å²) in [7, 11) is 0. The lowest BCUT2D eigenvalue weighted by Crippen LogP contribution is -2.57. The summed E-state index contributed by atoms with van der Waals surface area (Å²) in [4.78, 5) is 36.6. The molecule has 4 rings (SSSR count). The van der Waals surface area contributed by atoms with Gasteiger partial charge in [0.2, 0.25) is 0 Å². The summed E-state index contributed by atoms with van der Waals surface area (Å²) >= 11 is 0. The van der Waals surface area contributed by atoms with Crippen molar-refractivity contribution >= 4 is 17.9 Å². The Kier molecular flexibility index (Phi) is 14.0. The Morgan fingerprint density at radius 3 is 1.57 bits per heavy atom. The number of rotatable bonds is 3. The molecule has 20 heteroatoms. The molecule has 1 aromatic carbocycles. The highest BCUT2D eigenvalue weighted by Gasteiger charge is 2.46. The first-order valence-electron chi connectivity index (χ1n) is 13.1. The van der Waals surface area contributed by atoms with Crippen molar-refractivity contribution in [1.29, 1.82) is 0 Å². The van der Waals surface area contributed by atoms with E-state index in [9.17, 15) is 43.9 Å². The van der Waals surface area contributed by atoms with Crippen LogP contribution in [0.2, 0.25) is 0 Å². The van der Waals surface area contributed by atoms with E-state index in [1.165, 1.54) is 17.1 Å². The predicted octanol–water partition coefficient (Wildman–Crippen LogP) is 5.06. The molecule has 2 aliphatic heterocycles. The lowest BCUT2D eigenvalue weighted by atomic mass is 9.83. The van der Waals surface area contributed by atoms with Crippen molar-refractivity contribution in [1.82, 2.24) is 19.4 Å². The number of carboxylic acids is 3. The molecule has 0 radical (unpaired) electrons. The largest absolute Gasteiger partial charge is 0.490 e. The summed E-state index contributed by atoms with van der Waals surface area (Å²) in [5.41, 5.74) is 2.55. The summed E-state index contributed by atoms with van der Waals surface area (Å²) in [5, 5.41) is 21.4. The van der Waals surface area contributed by atoms with Gasteiger partial charge in [-0.05, 0) is 44.0 Å². The zero-order valence-electron chi connectivity index (χ0n) is 24.2. The van der Waals surface area contributed by atoms with Crippen LogP contribution in [0.15, 0.2) is 30.5 Å². The fourth-order valence-corrected chi connectivity index (χ4v) is 4.62. The number of carboxylic acid groups (broad SMARTS) is 3. The zero-order valence-corrected chi connectivity index (χ0v) is 24.2. The average molecular weight is 685 g/mol. The molecule has 3 heterocycles. The molecule has 1 aromatic heterocycles. The van der Waals surface area contributed by atoms with Gasteiger partial charge in [0.1, 0.15) is 11.6 Å². The molecule has 10 nitrogen and oxygen atoms in total. The van der Waals surface area contributed by atoms with E-state index in [-0.39, 0.29) is 11.4 Å². The van der Waals surface area contributed by atoms with Gasteiger partial charge in [0.15, 0.2) is 0 Å². The number of piperidine rings is 1. The maximum atomic E-state index is 13.1. The van der Waals surface area contributed by atoms with Crippen molar-refractivity contribution in [2.75, 3.05) is 26.2 Å². The molecule has 2 aliphatic rings. The van der Waals surface area contributed by atoms with Crippen LogP contribution in [0.1, 0.15) is 36.8 Å². The number of carbonyl (C=O) groups is 3. The minimum absolute atomic E-state index is 0.0839. The highest BCUT2D eigenvalue weighted by Crippen LogP contribution is 2.41. The lowest BCUT2D eigenvalue weighted by molar-refractivity contribution is -0.193. The second-order valence-electron chi connectivity index (χ2n) is 9.80. The van der Waals surface area contributed by atoms with Gasteiger partial charge in [0, 0.05) is 44.6 Å². The van der Waals surface area contributed by atoms with Gasteiger partial charge in [0.05, 0.1) is 5.54 Å². The zero-order chi connectivity index (χ0) is 35.7. The molecule has 260 valence electrons. The quantitative estimate of drug-likeness (QED) is 0.380. The molecule has 1 spiro atoms. The third-order valence-corrected chi connectivity index (χ3v) is 6.78. The fourth-order valence-electron chi connectivity index (χ4n) is 4.62. The smallest absolute Gasteiger partial charge is 0.475 e. The third kappa shape index (κ3) is 11.8. The van der Waals surface area contributed by atoms with Gasteiger partial charge in [-0.3, -0.25) is 9.80 Å². The van der Waals surface area contributed by atoms with Gasteiger partial charge in [-0.25, -0.2) is 23.8 Å². The van der Waals surface area contributed by atoms with Crippen molar-refractivity contribution < 1.29 is 73.6 Å². The number of benzene rings is 1. The van der Waals surface area contributed by atoms with E-state index in [1.807, 2.05) is 18.3 Å². The summed E-state index contributed by atoms with van der Waals surface area (Å²) < 4.78 is 111. The highest BCUT2D eigenvalue weighted by atomic mass is 19.4. The van der Waals surface area contributed by atoms with Crippen LogP contribution >= 0.6 is 0 Å². The Bertz CT molecular complexity index is 1250. The topological polar surface area (TPSA) is 136 Å². The van der Waals surface area contributed by atoms with E-state index in [2.05, 4.69) is 28.2 Å². The molecule has 1 fully saturated rings. The van der Waals surface area contributed by atoms with E-state index in [0.717, 1.165) is 52.1 Å². The summed E-state index contributed by atoms with van der Waals surface area (Å²) in [6.07, 6.45) is -11.0. The van der Waals surface area contributed by atoms with E-state index in [0.29, 0.717) is 0 Å². The molecular formula is C26H30F10N4O6. The summed E-state index contributed by atoms with van der Waals surface area (Å²) in [6.45, 7) is 10.7. The van der Waals surface area contributed by atoms with Gasteiger partial charge in [-0.15, -0.1) is 0 Å². The van der Waals surface area contributed by atoms with Crippen LogP contribution in [0, 0.1) is 12.7 Å². The number of imidazole rings is 1. The predicted molar refractivity (Wildman–Crippen MR) is 138 cm³/mol. The van der Waals surface area contributed by atoms with E-state index >= 15 is 0 Å². The van der Waals surface area contributed by atoms with Crippen LogP contribution in [-0.4, -0.2) is 97.3 Å². The number of aryl methyl sites for hydroxylation is 1. The van der Waals surface area contributed by atoms with E-state index in [4.69, 9.17) is 34.7 Å². The molecule has 0 bridgehead atoms. The Balaban J connectivity index is 0.000000413. The number of fused-ring (bicyclic) bond motifs is 2. The van der Waals surface area contributed by atoms with Crippen LogP contribution in [0.4, 0.5) is 43.9 Å². The van der Waals surface area contributed by atoms with Crippen molar-refractivity contribution in [2.45, 2.75) is 63.8 Å². The molecule has 0 atom stereocenters. The summed E-state index contributed by atoms with van der Waals surface area (Å²) in [6, 6.07) is 6.91. The molecule has 0 unspecified atom stereocenters. The van der Waals surface area contributed by atoms with Crippen LogP contribution in [-0.2, 0) is 33.0 Å². The number of halogens is 10. The molecular weight excluding hydrogens is 654 g/mol. The van der Waals surface area contributed by atoms with Crippen LogP contribution in [0.3, 0.4) is 0 Å². The molecule has 0 saturated carbocycles. The first-order chi connectivity index (χ1) is 21.0. The molecule has 0 aliphatic carbocycles. The molecule has 1 saturated heterocycles. The number of hydrogen-bond acceptors (Lipinski definition) is 6. The maximum Gasteiger partial charge on any atom is 0.490 e. The van der Waals surface area contributed by atoms with Crippen molar-refractivity contribution in [3.05, 3.63) is 53.4 Å². The van der Waals surface area contributed by atoms with Crippen molar-refractivity contribution in [3.63, 3.8) is 0 Å². The SMILES string of the molecule is CCN1CCn2c(C)cnc2C12CCN(Cc1ccc(F)cc1)CC2.O=C(O)C(F)(F)F.O=C(O)C(F)(F)F.O=C(O)C(F)(F)F. The fraction of sp³-hybridized carbons (Fsp3) is 0.538. The average Bonchev–Trinajstić information content (AvgIpc) is 3.32.